The maximum Gasteiger partial charge on any atom is 0.356 e. The van der Waals surface area contributed by atoms with E-state index in [0.29, 0.717) is 17.4 Å². The van der Waals surface area contributed by atoms with Gasteiger partial charge in [-0.25, -0.2) is 14.8 Å². The highest BCUT2D eigenvalue weighted by atomic mass is 16.4. The van der Waals surface area contributed by atoms with Crippen molar-refractivity contribution in [2.24, 2.45) is 5.92 Å². The molecular formula is C14H21N3O2. The summed E-state index contributed by atoms with van der Waals surface area (Å²) in [6.07, 6.45) is 5.29. The van der Waals surface area contributed by atoms with E-state index in [1.54, 1.807) is 6.20 Å². The van der Waals surface area contributed by atoms with Crippen LogP contribution in [0.15, 0.2) is 6.20 Å². The summed E-state index contributed by atoms with van der Waals surface area (Å²) in [5, 5.41) is 12.5. The van der Waals surface area contributed by atoms with Crippen LogP contribution in [0.2, 0.25) is 0 Å². The van der Waals surface area contributed by atoms with Gasteiger partial charge in [-0.15, -0.1) is 0 Å². The van der Waals surface area contributed by atoms with Gasteiger partial charge in [-0.05, 0) is 25.7 Å². The Hall–Kier alpha value is -1.65. The van der Waals surface area contributed by atoms with Crippen molar-refractivity contribution in [3.63, 3.8) is 0 Å². The minimum Gasteiger partial charge on any atom is -0.476 e. The first-order valence-corrected chi connectivity index (χ1v) is 6.85. The van der Waals surface area contributed by atoms with Gasteiger partial charge in [0.25, 0.3) is 0 Å². The van der Waals surface area contributed by atoms with Gasteiger partial charge in [0, 0.05) is 12.0 Å². The minimum absolute atomic E-state index is 0.0740. The number of carboxylic acids is 1. The molecule has 5 nitrogen and oxygen atoms in total. The van der Waals surface area contributed by atoms with Crippen LogP contribution in [0.25, 0.3) is 0 Å². The molecule has 1 heterocycles. The number of nitrogens with zero attached hydrogens (tertiary/aromatic N) is 2. The lowest BCUT2D eigenvalue weighted by molar-refractivity contribution is 0.0691. The number of hydrogen-bond donors (Lipinski definition) is 2. The van der Waals surface area contributed by atoms with Gasteiger partial charge in [0.1, 0.15) is 5.82 Å². The Bertz CT molecular complexity index is 470. The van der Waals surface area contributed by atoms with Gasteiger partial charge in [-0.2, -0.15) is 0 Å². The van der Waals surface area contributed by atoms with E-state index >= 15 is 0 Å². The maximum absolute atomic E-state index is 11.3. The largest absolute Gasteiger partial charge is 0.476 e. The molecule has 5 heteroatoms. The molecule has 1 aromatic heterocycles. The highest BCUT2D eigenvalue weighted by molar-refractivity contribution is 5.91. The highest BCUT2D eigenvalue weighted by Gasteiger charge is 2.25. The third-order valence-corrected chi connectivity index (χ3v) is 3.77. The second kappa shape index (κ2) is 5.55. The Morgan fingerprint density at radius 2 is 2.11 bits per heavy atom. The van der Waals surface area contributed by atoms with Crippen LogP contribution in [-0.2, 0) is 0 Å². The van der Waals surface area contributed by atoms with E-state index in [0.717, 1.165) is 0 Å². The molecule has 1 atom stereocenters. The Morgan fingerprint density at radius 1 is 1.42 bits per heavy atom. The van der Waals surface area contributed by atoms with Crippen LogP contribution >= 0.6 is 0 Å². The lowest BCUT2D eigenvalue weighted by atomic mass is 9.80. The second-order valence-electron chi connectivity index (χ2n) is 5.57. The van der Waals surface area contributed by atoms with Gasteiger partial charge in [-0.1, -0.05) is 20.3 Å². The maximum atomic E-state index is 11.3. The van der Waals surface area contributed by atoms with E-state index < -0.39 is 5.97 Å². The molecule has 0 aromatic carbocycles. The standard InChI is InChI=1S/C14H21N3O2/c1-8(2)13-15-7-11(12(17-13)14(18)19)16-9(3)10-5-4-6-10/h7-10,16H,4-6H2,1-3H3,(H,18,19). The number of anilines is 1. The quantitative estimate of drug-likeness (QED) is 0.854. The molecule has 19 heavy (non-hydrogen) atoms. The number of aromatic nitrogens is 2. The van der Waals surface area contributed by atoms with Gasteiger partial charge in [0.2, 0.25) is 0 Å². The molecule has 2 N–H and O–H groups in total. The van der Waals surface area contributed by atoms with Crippen LogP contribution in [0.5, 0.6) is 0 Å². The van der Waals surface area contributed by atoms with Crippen molar-refractivity contribution in [1.29, 1.82) is 0 Å². The SMILES string of the molecule is CC(C)c1ncc(NC(C)C2CCC2)c(C(=O)O)n1. The van der Waals surface area contributed by atoms with Crippen molar-refractivity contribution in [3.05, 3.63) is 17.7 Å². The predicted molar refractivity (Wildman–Crippen MR) is 73.5 cm³/mol. The summed E-state index contributed by atoms with van der Waals surface area (Å²) in [6, 6.07) is 0.264. The molecular weight excluding hydrogens is 242 g/mol. The van der Waals surface area contributed by atoms with Crippen molar-refractivity contribution in [2.45, 2.75) is 52.0 Å². The molecule has 0 radical (unpaired) electrons. The van der Waals surface area contributed by atoms with E-state index in [-0.39, 0.29) is 17.7 Å². The zero-order chi connectivity index (χ0) is 14.0. The van der Waals surface area contributed by atoms with Crippen LogP contribution < -0.4 is 5.32 Å². The average molecular weight is 263 g/mol. The zero-order valence-electron chi connectivity index (χ0n) is 11.7. The molecule has 1 aliphatic carbocycles. The molecule has 0 amide bonds. The Labute approximate surface area is 113 Å². The Kier molecular flexibility index (Phi) is 4.02. The van der Waals surface area contributed by atoms with Crippen molar-refractivity contribution < 1.29 is 9.90 Å². The Balaban J connectivity index is 2.20. The highest BCUT2D eigenvalue weighted by Crippen LogP contribution is 2.31. The lowest BCUT2D eigenvalue weighted by Gasteiger charge is -2.32. The van der Waals surface area contributed by atoms with Gasteiger partial charge < -0.3 is 10.4 Å². The number of carbonyl (C=O) groups is 1. The van der Waals surface area contributed by atoms with E-state index in [2.05, 4.69) is 22.2 Å². The molecule has 0 bridgehead atoms. The molecule has 0 spiro atoms. The number of hydrogen-bond acceptors (Lipinski definition) is 4. The molecule has 0 aliphatic heterocycles. The van der Waals surface area contributed by atoms with E-state index in [1.807, 2.05) is 13.8 Å². The van der Waals surface area contributed by atoms with Crippen LogP contribution in [0.4, 0.5) is 5.69 Å². The number of aromatic carboxylic acids is 1. The molecule has 1 saturated carbocycles. The van der Waals surface area contributed by atoms with Crippen molar-refractivity contribution >= 4 is 11.7 Å². The fourth-order valence-corrected chi connectivity index (χ4v) is 2.25. The molecule has 0 saturated heterocycles. The molecule has 1 fully saturated rings. The minimum atomic E-state index is -1.01. The summed E-state index contributed by atoms with van der Waals surface area (Å²) in [5.74, 6) is 0.314. The van der Waals surface area contributed by atoms with Crippen LogP contribution in [0.3, 0.4) is 0 Å². The first-order valence-electron chi connectivity index (χ1n) is 6.85. The summed E-state index contributed by atoms with van der Waals surface area (Å²) in [5.41, 5.74) is 0.598. The fraction of sp³-hybridized carbons (Fsp3) is 0.643. The van der Waals surface area contributed by atoms with Crippen molar-refractivity contribution in [2.75, 3.05) is 5.32 Å². The first kappa shape index (κ1) is 13.8. The van der Waals surface area contributed by atoms with E-state index in [9.17, 15) is 9.90 Å². The lowest BCUT2D eigenvalue weighted by Crippen LogP contribution is -2.31. The summed E-state index contributed by atoms with van der Waals surface area (Å²) >= 11 is 0. The van der Waals surface area contributed by atoms with E-state index in [4.69, 9.17) is 0 Å². The van der Waals surface area contributed by atoms with E-state index in [1.165, 1.54) is 19.3 Å². The zero-order valence-corrected chi connectivity index (χ0v) is 11.7. The van der Waals surface area contributed by atoms with Gasteiger partial charge in [0.15, 0.2) is 5.69 Å². The summed E-state index contributed by atoms with van der Waals surface area (Å²) in [6.45, 7) is 5.99. The molecule has 1 aromatic rings. The third-order valence-electron chi connectivity index (χ3n) is 3.77. The average Bonchev–Trinajstić information content (AvgIpc) is 2.26. The molecule has 1 unspecified atom stereocenters. The second-order valence-corrected chi connectivity index (χ2v) is 5.57. The van der Waals surface area contributed by atoms with Crippen LogP contribution in [0, 0.1) is 5.92 Å². The molecule has 104 valence electrons. The van der Waals surface area contributed by atoms with Gasteiger partial charge in [-0.3, -0.25) is 0 Å². The Morgan fingerprint density at radius 3 is 2.58 bits per heavy atom. The summed E-state index contributed by atoms with van der Waals surface area (Å²) < 4.78 is 0. The van der Waals surface area contributed by atoms with Crippen LogP contribution in [0.1, 0.15) is 62.3 Å². The molecule has 2 rings (SSSR count). The van der Waals surface area contributed by atoms with Gasteiger partial charge >= 0.3 is 5.97 Å². The van der Waals surface area contributed by atoms with Gasteiger partial charge in [0.05, 0.1) is 11.9 Å². The molecule has 1 aliphatic rings. The van der Waals surface area contributed by atoms with Crippen molar-refractivity contribution in [1.82, 2.24) is 9.97 Å². The smallest absolute Gasteiger partial charge is 0.356 e. The van der Waals surface area contributed by atoms with Crippen LogP contribution in [-0.4, -0.2) is 27.1 Å². The first-order chi connectivity index (χ1) is 8.99. The predicted octanol–water partition coefficient (Wildman–Crippen LogP) is 2.90. The third kappa shape index (κ3) is 3.03. The monoisotopic (exact) mass is 263 g/mol. The number of rotatable bonds is 5. The summed E-state index contributed by atoms with van der Waals surface area (Å²) in [7, 11) is 0. The number of nitrogens with one attached hydrogen (secondary N) is 1. The van der Waals surface area contributed by atoms with Crippen molar-refractivity contribution in [3.8, 4) is 0 Å². The topological polar surface area (TPSA) is 75.1 Å². The fourth-order valence-electron chi connectivity index (χ4n) is 2.25. The normalized spacial score (nSPS) is 17.1. The summed E-state index contributed by atoms with van der Waals surface area (Å²) in [4.78, 5) is 19.7. The number of carboxylic acid groups (broad SMARTS) is 1.